The molecule has 0 unspecified atom stereocenters. The van der Waals surface area contributed by atoms with E-state index in [0.717, 1.165) is 0 Å². The Balaban J connectivity index is 5.47. The van der Waals surface area contributed by atoms with Gasteiger partial charge in [0.25, 0.3) is 0 Å². The van der Waals surface area contributed by atoms with Crippen LogP contribution in [-0.2, 0) is 0 Å². The predicted octanol–water partition coefficient (Wildman–Crippen LogP) is 13.7. The van der Waals surface area contributed by atoms with Crippen LogP contribution in [0.15, 0.2) is 0 Å². The number of hydrogen-bond donors (Lipinski definition) is 0. The Bertz CT molecular complexity index is 1090. The van der Waals surface area contributed by atoms with Gasteiger partial charge in [0.1, 0.15) is 0 Å². The van der Waals surface area contributed by atoms with Gasteiger partial charge in [-0.05, 0) is 44.1 Å². The molecule has 0 aliphatic carbocycles. The average molecular weight is 804 g/mol. The maximum atomic E-state index is 3.14. The van der Waals surface area contributed by atoms with Crippen molar-refractivity contribution in [1.29, 1.82) is 0 Å². The van der Waals surface area contributed by atoms with Crippen LogP contribution in [0, 0.1) is 0 Å². The van der Waals surface area contributed by atoms with Crippen LogP contribution in [0.25, 0.3) is 0 Å². The van der Waals surface area contributed by atoms with Gasteiger partial charge in [-0.15, -0.1) is 0 Å². The third-order valence-corrected chi connectivity index (χ3v) is 297. The molecule has 0 aromatic carbocycles. The molecule has 274 valence electrons. The Hall–Kier alpha value is 2.17. The highest BCUT2D eigenvalue weighted by Gasteiger charge is 2.91. The summed E-state index contributed by atoms with van der Waals surface area (Å²) in [6.07, 6.45) is -3.76. The molecule has 1 aliphatic heterocycles. The standard InChI is InChI=1S/C36H90Si10/c1-31(2,3)39(19,20)37-38(40(21,22)32(4,5)6)45(37,41(23,24)33(7,8)9)46(42(25,26)34(10,11)12,43(27,28)35(13,14)15)44(29,30)36(16,17)18/h1-30H3. The van der Waals surface area contributed by atoms with E-state index in [4.69, 9.17) is 0 Å². The molecule has 0 radical (unpaired) electrons. The van der Waals surface area contributed by atoms with Gasteiger partial charge in [-0.2, -0.15) is 0 Å². The average Bonchev–Trinajstić information content (AvgIpc) is 3.42. The lowest BCUT2D eigenvalue weighted by Gasteiger charge is -2.76. The molecule has 0 saturated heterocycles. The van der Waals surface area contributed by atoms with Crippen molar-refractivity contribution in [2.75, 3.05) is 0 Å². The van der Waals surface area contributed by atoms with Crippen LogP contribution in [0.4, 0.5) is 0 Å². The Morgan fingerprint density at radius 2 is 0.500 bits per heavy atom. The third-order valence-electron chi connectivity index (χ3n) is 17.8. The van der Waals surface area contributed by atoms with Crippen LogP contribution in [-0.4, -0.2) is 71.7 Å². The minimum atomic E-state index is -1.97. The predicted molar refractivity (Wildman–Crippen MR) is 246 cm³/mol. The lowest BCUT2D eigenvalue weighted by molar-refractivity contribution is 0.719. The fraction of sp³-hybridized carbons (Fsp3) is 1.00. The first-order valence-corrected chi connectivity index (χ1v) is 54.0. The fourth-order valence-corrected chi connectivity index (χ4v) is 633. The summed E-state index contributed by atoms with van der Waals surface area (Å²) in [6.45, 7) is 86.4. The summed E-state index contributed by atoms with van der Waals surface area (Å²) >= 11 is 0. The Kier molecular flexibility index (Phi) is 11.9. The topological polar surface area (TPSA) is 0 Å². The molecular weight excluding hydrogens is 713 g/mol. The van der Waals surface area contributed by atoms with E-state index < -0.39 is 71.7 Å². The molecule has 0 spiro atoms. The Morgan fingerprint density at radius 1 is 0.304 bits per heavy atom. The molecule has 0 saturated carbocycles. The van der Waals surface area contributed by atoms with Crippen molar-refractivity contribution in [2.45, 2.75) is 233 Å². The van der Waals surface area contributed by atoms with E-state index in [1.165, 1.54) is 0 Å². The van der Waals surface area contributed by atoms with Crippen molar-refractivity contribution in [3.05, 3.63) is 0 Å². The summed E-state index contributed by atoms with van der Waals surface area (Å²) in [5.74, 6) is 0. The lowest BCUT2D eigenvalue weighted by atomic mass is 10.2. The van der Waals surface area contributed by atoms with E-state index >= 15 is 0 Å². The van der Waals surface area contributed by atoms with Crippen LogP contribution in [0.2, 0.25) is 109 Å². The maximum Gasteiger partial charge on any atom is 0.0549 e. The van der Waals surface area contributed by atoms with Crippen LogP contribution in [0.1, 0.15) is 125 Å². The minimum absolute atomic E-state index is 0.441. The summed E-state index contributed by atoms with van der Waals surface area (Å²) < 4.78 is 0. The quantitative estimate of drug-likeness (QED) is 0.225. The van der Waals surface area contributed by atoms with Crippen LogP contribution in [0.5, 0.6) is 0 Å². The van der Waals surface area contributed by atoms with E-state index in [9.17, 15) is 0 Å². The second-order valence-electron chi connectivity index (χ2n) is 25.5. The van der Waals surface area contributed by atoms with Gasteiger partial charge in [0.05, 0.1) is 15.2 Å². The number of rotatable bonds is 7. The van der Waals surface area contributed by atoms with Gasteiger partial charge in [0, 0.05) is 42.7 Å². The molecule has 1 heterocycles. The first-order chi connectivity index (χ1) is 19.2. The molecule has 0 aromatic rings. The maximum absolute atomic E-state index is 3.14. The fourth-order valence-electron chi connectivity index (χ4n) is 10.1. The van der Waals surface area contributed by atoms with Crippen LogP contribution in [0.3, 0.4) is 0 Å². The molecule has 46 heavy (non-hydrogen) atoms. The third kappa shape index (κ3) is 5.82. The van der Waals surface area contributed by atoms with Crippen molar-refractivity contribution in [1.82, 2.24) is 0 Å². The van der Waals surface area contributed by atoms with E-state index in [1.807, 2.05) is 0 Å². The highest BCUT2D eigenvalue weighted by Crippen LogP contribution is 2.68. The van der Waals surface area contributed by atoms with Gasteiger partial charge in [0.2, 0.25) is 0 Å². The molecule has 0 atom stereocenters. The summed E-state index contributed by atoms with van der Waals surface area (Å²) in [5.41, 5.74) is 0. The van der Waals surface area contributed by atoms with Gasteiger partial charge in [-0.3, -0.25) is 0 Å². The Morgan fingerprint density at radius 3 is 0.630 bits per heavy atom. The van der Waals surface area contributed by atoms with E-state index in [1.54, 1.807) is 0 Å². The molecule has 0 nitrogen and oxygen atoms in total. The SMILES string of the molecule is CC(C)(C)[Si](C)(C)[Si]1=[Si]([Si](C)(C)C(C)(C)C)[Si]1([Si](C)(C)C(C)(C)C)[Si]([Si](C)(C)C(C)(C)C)([Si](C)(C)C(C)(C)C)[Si](C)(C)C(C)(C)C. The van der Waals surface area contributed by atoms with Gasteiger partial charge < -0.3 is 0 Å². The zero-order valence-electron chi connectivity index (χ0n) is 38.0. The summed E-state index contributed by atoms with van der Waals surface area (Å²) in [7, 11) is -10.5. The molecule has 1 aliphatic rings. The molecule has 0 N–H and O–H groups in total. The molecule has 0 amide bonds. The summed E-state index contributed by atoms with van der Waals surface area (Å²) in [4.78, 5) is 0. The molecule has 10 heteroatoms. The molecule has 1 rings (SSSR count). The van der Waals surface area contributed by atoms with Crippen molar-refractivity contribution >= 4 is 71.7 Å². The van der Waals surface area contributed by atoms with Crippen LogP contribution >= 0.6 is 0 Å². The van der Waals surface area contributed by atoms with E-state index in [-0.39, 0.29) is 0 Å². The highest BCUT2D eigenvalue weighted by molar-refractivity contribution is 8.41. The molecule has 0 bridgehead atoms. The van der Waals surface area contributed by atoms with Crippen molar-refractivity contribution in [2.24, 2.45) is 0 Å². The van der Waals surface area contributed by atoms with Gasteiger partial charge in [-0.25, -0.2) is 0 Å². The summed E-state index contributed by atoms with van der Waals surface area (Å²) in [6, 6.07) is 0. The lowest BCUT2D eigenvalue weighted by Crippen LogP contribution is -3.03. The van der Waals surface area contributed by atoms with Crippen molar-refractivity contribution in [3.8, 4) is 0 Å². The normalized spacial score (nSPS) is 19.2. The van der Waals surface area contributed by atoms with E-state index in [2.05, 4.69) is 203 Å². The highest BCUT2D eigenvalue weighted by atomic mass is 30.7. The monoisotopic (exact) mass is 802 g/mol. The first-order valence-electron chi connectivity index (χ1n) is 19.0. The zero-order chi connectivity index (χ0) is 38.2. The second-order valence-corrected chi connectivity index (χ2v) is 135. The smallest absolute Gasteiger partial charge is 0.0549 e. The second kappa shape index (κ2) is 11.8. The van der Waals surface area contributed by atoms with Crippen molar-refractivity contribution in [3.63, 3.8) is 0 Å². The zero-order valence-corrected chi connectivity index (χ0v) is 48.0. The molecular formula is C36H90Si10. The Labute approximate surface area is 303 Å². The van der Waals surface area contributed by atoms with Gasteiger partial charge in [0.15, 0.2) is 0 Å². The summed E-state index contributed by atoms with van der Waals surface area (Å²) in [5, 5.41) is 2.77. The van der Waals surface area contributed by atoms with Crippen LogP contribution < -0.4 is 0 Å². The largest absolute Gasteiger partial charge is 0.0715 e. The van der Waals surface area contributed by atoms with Crippen molar-refractivity contribution < 1.29 is 0 Å². The van der Waals surface area contributed by atoms with Gasteiger partial charge >= 0.3 is 0 Å². The minimum Gasteiger partial charge on any atom is -0.0715 e. The van der Waals surface area contributed by atoms with E-state index in [0.29, 0.717) is 30.2 Å². The number of hydrogen-bond acceptors (Lipinski definition) is 0. The molecule has 0 aromatic heterocycles. The van der Waals surface area contributed by atoms with Gasteiger partial charge in [-0.1, -0.05) is 203 Å². The first kappa shape index (κ1) is 46.2. The molecule has 0 fully saturated rings.